The number of carbonyl (C=O) groups is 1. The Balaban J connectivity index is 4.00. The molecule has 0 saturated carbocycles. The number of hydrogen-bond acceptors (Lipinski definition) is 6. The predicted octanol–water partition coefficient (Wildman–Crippen LogP) is -4.19. The van der Waals surface area contributed by atoms with Gasteiger partial charge in [0.2, 0.25) is 0 Å². The smallest absolute Gasteiger partial charge is 0.122 e. The quantitative estimate of drug-likeness (QED) is 0.335. The normalized spacial score (nSPS) is 18.9. The molecule has 0 aliphatic rings. The highest BCUT2D eigenvalue weighted by atomic mass is 16.4. The van der Waals surface area contributed by atoms with E-state index in [1.54, 1.807) is 0 Å². The summed E-state index contributed by atoms with van der Waals surface area (Å²) >= 11 is 0. The second-order valence-corrected chi connectivity index (χ2v) is 2.00. The van der Waals surface area contributed by atoms with Crippen molar-refractivity contribution >= 4 is 5.97 Å². The van der Waals surface area contributed by atoms with Gasteiger partial charge in [-0.1, -0.05) is 0 Å². The first-order valence-corrected chi connectivity index (χ1v) is 2.86. The molecule has 0 saturated heterocycles. The van der Waals surface area contributed by atoms with Crippen molar-refractivity contribution in [1.29, 1.82) is 0 Å². The summed E-state index contributed by atoms with van der Waals surface area (Å²) in [5, 5.41) is 43.8. The predicted molar refractivity (Wildman–Crippen MR) is 30.1 cm³/mol. The van der Waals surface area contributed by atoms with Crippen LogP contribution in [0.1, 0.15) is 0 Å². The van der Waals surface area contributed by atoms with E-state index in [0.29, 0.717) is 0 Å². The molecule has 0 radical (unpaired) electrons. The fourth-order valence-corrected chi connectivity index (χ4v) is 0.458. The number of aliphatic carboxylic acids is 1. The topological polar surface area (TPSA) is 121 Å². The highest BCUT2D eigenvalue weighted by Gasteiger charge is 2.24. The summed E-state index contributed by atoms with van der Waals surface area (Å²) in [6.45, 7) is -0.828. The first kappa shape index (κ1) is 10.3. The van der Waals surface area contributed by atoms with Crippen LogP contribution in [0.5, 0.6) is 0 Å². The van der Waals surface area contributed by atoms with Gasteiger partial charge in [0.15, 0.2) is 0 Å². The highest BCUT2D eigenvalue weighted by Crippen LogP contribution is 1.98. The lowest BCUT2D eigenvalue weighted by atomic mass is 10.1. The van der Waals surface area contributed by atoms with Crippen molar-refractivity contribution in [2.45, 2.75) is 18.3 Å². The van der Waals surface area contributed by atoms with Gasteiger partial charge in [-0.25, -0.2) is 0 Å². The monoisotopic (exact) mass is 165 g/mol. The van der Waals surface area contributed by atoms with Crippen molar-refractivity contribution < 1.29 is 30.3 Å². The van der Waals surface area contributed by atoms with E-state index in [2.05, 4.69) is 0 Å². The molecule has 0 aromatic carbocycles. The minimum atomic E-state index is -2.18. The Morgan fingerprint density at radius 2 is 1.82 bits per heavy atom. The Hall–Kier alpha value is -0.690. The number of rotatable bonds is 4. The van der Waals surface area contributed by atoms with Crippen LogP contribution in [0.2, 0.25) is 0 Å². The minimum Gasteiger partial charge on any atom is -0.547 e. The van der Waals surface area contributed by atoms with Crippen LogP contribution in [0.25, 0.3) is 0 Å². The summed E-state index contributed by atoms with van der Waals surface area (Å²) in [6.07, 6.45) is -5.79. The molecular weight excluding hydrogens is 156 g/mol. The van der Waals surface area contributed by atoms with Crippen LogP contribution in [0.4, 0.5) is 0 Å². The number of carboxylic acid groups (broad SMARTS) is 1. The van der Waals surface area contributed by atoms with Gasteiger partial charge < -0.3 is 30.3 Å². The molecule has 0 heterocycles. The molecule has 0 bridgehead atoms. The number of carbonyl (C=O) groups excluding carboxylic acids is 1. The summed E-state index contributed by atoms with van der Waals surface area (Å²) in [5.74, 6) is -1.90. The SMILES string of the molecule is O=C([O-])[C@@H](O)[C@H](O)[C@@H](O)CO. The molecule has 0 rings (SSSR count). The van der Waals surface area contributed by atoms with E-state index >= 15 is 0 Å². The summed E-state index contributed by atoms with van der Waals surface area (Å²) in [5.41, 5.74) is 0. The molecule has 66 valence electrons. The van der Waals surface area contributed by atoms with Crippen molar-refractivity contribution in [1.82, 2.24) is 0 Å². The Morgan fingerprint density at radius 1 is 1.36 bits per heavy atom. The van der Waals surface area contributed by atoms with Gasteiger partial charge in [0, 0.05) is 0 Å². The fraction of sp³-hybridized carbons (Fsp3) is 0.800. The van der Waals surface area contributed by atoms with E-state index in [1.807, 2.05) is 0 Å². The van der Waals surface area contributed by atoms with Gasteiger partial charge in [0.1, 0.15) is 18.3 Å². The largest absolute Gasteiger partial charge is 0.547 e. The summed E-state index contributed by atoms with van der Waals surface area (Å²) in [6, 6.07) is 0. The molecule has 0 aliphatic carbocycles. The Morgan fingerprint density at radius 3 is 2.09 bits per heavy atom. The van der Waals surface area contributed by atoms with E-state index in [9.17, 15) is 9.90 Å². The molecule has 0 aliphatic heterocycles. The minimum absolute atomic E-state index is 0.828. The molecule has 3 atom stereocenters. The van der Waals surface area contributed by atoms with Crippen molar-refractivity contribution in [2.24, 2.45) is 0 Å². The molecule has 0 spiro atoms. The van der Waals surface area contributed by atoms with Gasteiger partial charge in [-0.05, 0) is 0 Å². The van der Waals surface area contributed by atoms with Gasteiger partial charge in [0.05, 0.1) is 12.6 Å². The number of aliphatic hydroxyl groups is 4. The molecule has 0 unspecified atom stereocenters. The van der Waals surface area contributed by atoms with E-state index in [4.69, 9.17) is 20.4 Å². The van der Waals surface area contributed by atoms with Crippen LogP contribution < -0.4 is 5.11 Å². The van der Waals surface area contributed by atoms with Gasteiger partial charge >= 0.3 is 0 Å². The maximum atomic E-state index is 9.85. The van der Waals surface area contributed by atoms with E-state index in [-0.39, 0.29) is 0 Å². The maximum absolute atomic E-state index is 9.85. The van der Waals surface area contributed by atoms with E-state index in [1.165, 1.54) is 0 Å². The zero-order chi connectivity index (χ0) is 9.02. The standard InChI is InChI=1S/C5H10O6/c6-1-2(7)3(8)4(9)5(10)11/h2-4,6-9H,1H2,(H,10,11)/p-1/t2-,3+,4-/m0/s1. The average Bonchev–Trinajstić information content (AvgIpc) is 2.00. The molecule has 0 aromatic rings. The number of aliphatic hydroxyl groups excluding tert-OH is 4. The third kappa shape index (κ3) is 2.81. The zero-order valence-corrected chi connectivity index (χ0v) is 5.54. The van der Waals surface area contributed by atoms with Crippen LogP contribution >= 0.6 is 0 Å². The van der Waals surface area contributed by atoms with E-state index < -0.39 is 30.9 Å². The van der Waals surface area contributed by atoms with Crippen LogP contribution in [-0.2, 0) is 4.79 Å². The Bertz CT molecular complexity index is 135. The first-order chi connectivity index (χ1) is 5.00. The second-order valence-electron chi connectivity index (χ2n) is 2.00. The maximum Gasteiger partial charge on any atom is 0.122 e. The molecule has 0 aromatic heterocycles. The first-order valence-electron chi connectivity index (χ1n) is 2.86. The molecule has 4 N–H and O–H groups in total. The van der Waals surface area contributed by atoms with E-state index in [0.717, 1.165) is 0 Å². The van der Waals surface area contributed by atoms with Gasteiger partial charge in [-0.15, -0.1) is 0 Å². The van der Waals surface area contributed by atoms with Crippen LogP contribution in [0.15, 0.2) is 0 Å². The van der Waals surface area contributed by atoms with Gasteiger partial charge in [-0.3, -0.25) is 0 Å². The third-order valence-corrected chi connectivity index (χ3v) is 1.15. The molecule has 6 nitrogen and oxygen atoms in total. The van der Waals surface area contributed by atoms with Crippen molar-refractivity contribution in [2.75, 3.05) is 6.61 Å². The van der Waals surface area contributed by atoms with Crippen LogP contribution in [0.3, 0.4) is 0 Å². The lowest BCUT2D eigenvalue weighted by molar-refractivity contribution is -0.319. The van der Waals surface area contributed by atoms with Gasteiger partial charge in [-0.2, -0.15) is 0 Å². The molecule has 0 amide bonds. The molecule has 11 heavy (non-hydrogen) atoms. The zero-order valence-electron chi connectivity index (χ0n) is 5.54. The Kier molecular flexibility index (Phi) is 3.98. The molecule has 0 fully saturated rings. The van der Waals surface area contributed by atoms with Crippen LogP contribution in [-0.4, -0.2) is 51.3 Å². The average molecular weight is 165 g/mol. The summed E-state index contributed by atoms with van der Waals surface area (Å²) < 4.78 is 0. The Labute approximate surface area is 62.3 Å². The highest BCUT2D eigenvalue weighted by molar-refractivity contribution is 5.70. The van der Waals surface area contributed by atoms with Gasteiger partial charge in [0.25, 0.3) is 0 Å². The third-order valence-electron chi connectivity index (χ3n) is 1.15. The fourth-order valence-electron chi connectivity index (χ4n) is 0.458. The lowest BCUT2D eigenvalue weighted by Crippen LogP contribution is -2.49. The summed E-state index contributed by atoms with van der Waals surface area (Å²) in [7, 11) is 0. The van der Waals surface area contributed by atoms with Crippen molar-refractivity contribution in [3.8, 4) is 0 Å². The lowest BCUT2D eigenvalue weighted by Gasteiger charge is -2.21. The molecule has 6 heteroatoms. The van der Waals surface area contributed by atoms with Crippen molar-refractivity contribution in [3.05, 3.63) is 0 Å². The number of carboxylic acids is 1. The molecular formula is C5H9O6-. The van der Waals surface area contributed by atoms with Crippen molar-refractivity contribution in [3.63, 3.8) is 0 Å². The van der Waals surface area contributed by atoms with Crippen LogP contribution in [0, 0.1) is 0 Å². The number of hydrogen-bond donors (Lipinski definition) is 4. The summed E-state index contributed by atoms with van der Waals surface area (Å²) in [4.78, 5) is 9.85. The second kappa shape index (κ2) is 4.24.